The number of aromatic nitrogens is 4. The molecule has 0 amide bonds. The van der Waals surface area contributed by atoms with E-state index in [1.807, 2.05) is 18.3 Å². The van der Waals surface area contributed by atoms with Gasteiger partial charge in [-0.05, 0) is 74.5 Å². The van der Waals surface area contributed by atoms with Crippen LogP contribution in [0.1, 0.15) is 29.8 Å². The Hall–Kier alpha value is -2.34. The lowest BCUT2D eigenvalue weighted by atomic mass is 9.90. The molecule has 0 atom stereocenters. The zero-order chi connectivity index (χ0) is 21.4. The van der Waals surface area contributed by atoms with E-state index >= 15 is 0 Å². The minimum Gasteiger partial charge on any atom is -0.360 e. The maximum Gasteiger partial charge on any atom is 0.163 e. The van der Waals surface area contributed by atoms with Gasteiger partial charge in [-0.1, -0.05) is 41.4 Å². The summed E-state index contributed by atoms with van der Waals surface area (Å²) in [5, 5.41) is 11.2. The summed E-state index contributed by atoms with van der Waals surface area (Å²) in [6.45, 7) is 5.02. The fraction of sp³-hybridized carbons (Fsp3) is 0.333. The van der Waals surface area contributed by atoms with Gasteiger partial charge in [0.1, 0.15) is 5.82 Å². The van der Waals surface area contributed by atoms with Gasteiger partial charge >= 0.3 is 0 Å². The molecule has 0 saturated carbocycles. The van der Waals surface area contributed by atoms with Crippen molar-refractivity contribution in [2.75, 3.05) is 13.1 Å². The molecule has 1 aliphatic heterocycles. The highest BCUT2D eigenvalue weighted by molar-refractivity contribution is 6.42. The standard InChI is InChI=1S/C24H25Cl2N5/c1-15-2-4-18-19(13-27-22(18)10-15)24-28-23(29-30-24)14-31-8-6-16(7-9-31)11-17-3-5-20(25)21(26)12-17/h2-5,10,12-13,16,27H,6-9,11,14H2,1H3,(H,28,29,30). The first-order valence-electron chi connectivity index (χ1n) is 10.7. The second-order valence-electron chi connectivity index (χ2n) is 8.54. The maximum absolute atomic E-state index is 6.16. The fourth-order valence-electron chi connectivity index (χ4n) is 4.49. The molecule has 0 unspecified atom stereocenters. The molecule has 3 heterocycles. The Morgan fingerprint density at radius 3 is 2.68 bits per heavy atom. The van der Waals surface area contributed by atoms with Crippen molar-refractivity contribution in [1.82, 2.24) is 25.1 Å². The molecule has 2 aromatic carbocycles. The van der Waals surface area contributed by atoms with Gasteiger partial charge < -0.3 is 9.97 Å². The number of benzene rings is 2. The van der Waals surface area contributed by atoms with Crippen molar-refractivity contribution in [2.24, 2.45) is 5.92 Å². The van der Waals surface area contributed by atoms with Gasteiger partial charge in [0.25, 0.3) is 0 Å². The average Bonchev–Trinajstić information content (AvgIpc) is 3.38. The number of halogens is 2. The van der Waals surface area contributed by atoms with Crippen LogP contribution >= 0.6 is 23.2 Å². The summed E-state index contributed by atoms with van der Waals surface area (Å²) >= 11 is 12.2. The lowest BCUT2D eigenvalue weighted by Crippen LogP contribution is -2.34. The first-order chi connectivity index (χ1) is 15.0. The van der Waals surface area contributed by atoms with Crippen molar-refractivity contribution in [3.05, 3.63) is 69.6 Å². The molecule has 7 heteroatoms. The van der Waals surface area contributed by atoms with Gasteiger partial charge in [0.05, 0.1) is 16.6 Å². The van der Waals surface area contributed by atoms with E-state index in [-0.39, 0.29) is 0 Å². The summed E-state index contributed by atoms with van der Waals surface area (Å²) in [6.07, 6.45) is 5.40. The Bertz CT molecular complexity index is 1200. The van der Waals surface area contributed by atoms with Gasteiger partial charge in [-0.25, -0.2) is 0 Å². The van der Waals surface area contributed by atoms with Crippen LogP contribution in [0.25, 0.3) is 22.3 Å². The van der Waals surface area contributed by atoms with Crippen LogP contribution in [-0.4, -0.2) is 38.2 Å². The van der Waals surface area contributed by atoms with Crippen molar-refractivity contribution in [3.8, 4) is 11.4 Å². The van der Waals surface area contributed by atoms with E-state index in [9.17, 15) is 0 Å². The zero-order valence-corrected chi connectivity index (χ0v) is 19.0. The number of H-pyrrole nitrogens is 2. The van der Waals surface area contributed by atoms with E-state index in [2.05, 4.69) is 56.3 Å². The Labute approximate surface area is 191 Å². The topological polar surface area (TPSA) is 60.6 Å². The Balaban J connectivity index is 1.19. The first-order valence-corrected chi connectivity index (χ1v) is 11.5. The molecule has 2 N–H and O–H groups in total. The number of nitrogens with zero attached hydrogens (tertiary/aromatic N) is 3. The third-order valence-corrected chi connectivity index (χ3v) is 6.95. The summed E-state index contributed by atoms with van der Waals surface area (Å²) in [4.78, 5) is 9.21. The predicted molar refractivity (Wildman–Crippen MR) is 127 cm³/mol. The molecule has 0 spiro atoms. The molecule has 5 nitrogen and oxygen atoms in total. The largest absolute Gasteiger partial charge is 0.360 e. The van der Waals surface area contributed by atoms with Crippen LogP contribution in [-0.2, 0) is 13.0 Å². The SMILES string of the molecule is Cc1ccc2c(-c3nnc(CN4CCC(Cc5ccc(Cl)c(Cl)c5)CC4)[nH]3)c[nH]c2c1. The van der Waals surface area contributed by atoms with Crippen molar-refractivity contribution < 1.29 is 0 Å². The number of fused-ring (bicyclic) bond motifs is 1. The third-order valence-electron chi connectivity index (χ3n) is 6.21. The van der Waals surface area contributed by atoms with Crippen molar-refractivity contribution >= 4 is 34.1 Å². The number of likely N-dealkylation sites (tertiary alicyclic amines) is 1. The predicted octanol–water partition coefficient (Wildman–Crippen LogP) is 6.02. The molecule has 2 aromatic heterocycles. The Morgan fingerprint density at radius 2 is 1.87 bits per heavy atom. The maximum atomic E-state index is 6.16. The molecular formula is C24H25Cl2N5. The minimum atomic E-state index is 0.620. The average molecular weight is 454 g/mol. The number of rotatable bonds is 5. The smallest absolute Gasteiger partial charge is 0.163 e. The molecule has 0 bridgehead atoms. The van der Waals surface area contributed by atoms with Gasteiger partial charge in [0.15, 0.2) is 5.82 Å². The van der Waals surface area contributed by atoms with E-state index in [0.717, 1.165) is 54.2 Å². The monoisotopic (exact) mass is 453 g/mol. The highest BCUT2D eigenvalue weighted by Crippen LogP contribution is 2.29. The van der Waals surface area contributed by atoms with Crippen LogP contribution in [0.5, 0.6) is 0 Å². The van der Waals surface area contributed by atoms with Gasteiger partial charge in [-0.3, -0.25) is 4.90 Å². The number of nitrogens with one attached hydrogen (secondary N) is 2. The lowest BCUT2D eigenvalue weighted by molar-refractivity contribution is 0.173. The van der Waals surface area contributed by atoms with Crippen molar-refractivity contribution in [2.45, 2.75) is 32.7 Å². The lowest BCUT2D eigenvalue weighted by Gasteiger charge is -2.31. The summed E-state index contributed by atoms with van der Waals surface area (Å²) in [5.74, 6) is 2.41. The second-order valence-corrected chi connectivity index (χ2v) is 9.36. The number of hydrogen-bond donors (Lipinski definition) is 2. The molecule has 160 valence electrons. The van der Waals surface area contributed by atoms with Crippen LogP contribution in [0.4, 0.5) is 0 Å². The van der Waals surface area contributed by atoms with Crippen LogP contribution in [0.3, 0.4) is 0 Å². The first kappa shape index (κ1) is 20.6. The number of aryl methyl sites for hydroxylation is 1. The molecule has 0 radical (unpaired) electrons. The fourth-order valence-corrected chi connectivity index (χ4v) is 4.81. The van der Waals surface area contributed by atoms with E-state index in [0.29, 0.717) is 16.0 Å². The highest BCUT2D eigenvalue weighted by atomic mass is 35.5. The second kappa shape index (κ2) is 8.65. The van der Waals surface area contributed by atoms with Gasteiger partial charge in [0, 0.05) is 22.7 Å². The number of piperidine rings is 1. The molecule has 1 aliphatic rings. The summed E-state index contributed by atoms with van der Waals surface area (Å²) in [5.41, 5.74) is 4.69. The van der Waals surface area contributed by atoms with Crippen LogP contribution in [0, 0.1) is 12.8 Å². The summed E-state index contributed by atoms with van der Waals surface area (Å²) in [6, 6.07) is 12.4. The van der Waals surface area contributed by atoms with Crippen LogP contribution < -0.4 is 0 Å². The van der Waals surface area contributed by atoms with E-state index in [4.69, 9.17) is 23.2 Å². The van der Waals surface area contributed by atoms with Crippen molar-refractivity contribution in [3.63, 3.8) is 0 Å². The zero-order valence-electron chi connectivity index (χ0n) is 17.5. The quantitative estimate of drug-likeness (QED) is 0.388. The normalized spacial score (nSPS) is 15.7. The molecule has 31 heavy (non-hydrogen) atoms. The van der Waals surface area contributed by atoms with Gasteiger partial charge in [-0.2, -0.15) is 0 Å². The summed E-state index contributed by atoms with van der Waals surface area (Å²) in [7, 11) is 0. The van der Waals surface area contributed by atoms with Crippen LogP contribution in [0.15, 0.2) is 42.6 Å². The third kappa shape index (κ3) is 4.49. The Kier molecular flexibility index (Phi) is 5.74. The molecule has 1 fully saturated rings. The molecule has 1 saturated heterocycles. The van der Waals surface area contributed by atoms with Crippen LogP contribution in [0.2, 0.25) is 10.0 Å². The molecular weight excluding hydrogens is 429 g/mol. The van der Waals surface area contributed by atoms with Gasteiger partial charge in [-0.15, -0.1) is 10.2 Å². The highest BCUT2D eigenvalue weighted by Gasteiger charge is 2.21. The van der Waals surface area contributed by atoms with E-state index in [1.54, 1.807) is 0 Å². The number of hydrogen-bond acceptors (Lipinski definition) is 3. The minimum absolute atomic E-state index is 0.620. The van der Waals surface area contributed by atoms with E-state index in [1.165, 1.54) is 24.0 Å². The molecule has 0 aliphatic carbocycles. The Morgan fingerprint density at radius 1 is 1.03 bits per heavy atom. The molecule has 5 rings (SSSR count). The van der Waals surface area contributed by atoms with E-state index < -0.39 is 0 Å². The van der Waals surface area contributed by atoms with Crippen molar-refractivity contribution in [1.29, 1.82) is 0 Å². The molecule has 4 aromatic rings. The van der Waals surface area contributed by atoms with Gasteiger partial charge in [0.2, 0.25) is 0 Å². The number of aromatic amines is 2. The summed E-state index contributed by atoms with van der Waals surface area (Å²) < 4.78 is 0.